The van der Waals surface area contributed by atoms with E-state index in [0.29, 0.717) is 17.2 Å². The molecule has 0 spiro atoms. The molecule has 1 amide bonds. The van der Waals surface area contributed by atoms with Gasteiger partial charge in [-0.1, -0.05) is 29.3 Å². The molecule has 29 heavy (non-hydrogen) atoms. The smallest absolute Gasteiger partial charge is 0.269 e. The standard InChI is InChI=1S/C20H14Cl2N4O3/c1-2-24-18(27)12(11-23)9-14-19(29-16-7-6-13(21)10-15(16)22)25-17-5-3-4-8-26(17)20(14)28/h3-10H,2H2,1H3,(H,24,27)/b12-9+. The zero-order chi connectivity index (χ0) is 21.0. The molecule has 0 radical (unpaired) electrons. The number of halogens is 2. The molecule has 1 N–H and O–H groups in total. The molecule has 9 heteroatoms. The summed E-state index contributed by atoms with van der Waals surface area (Å²) >= 11 is 12.1. The first kappa shape index (κ1) is 20.4. The van der Waals surface area contributed by atoms with Crippen molar-refractivity contribution in [3.63, 3.8) is 0 Å². The molecule has 0 aliphatic heterocycles. The number of likely N-dealkylation sites (N-methyl/N-ethyl adjacent to an activating group) is 1. The van der Waals surface area contributed by atoms with E-state index in [1.165, 1.54) is 22.7 Å². The van der Waals surface area contributed by atoms with Gasteiger partial charge in [0.25, 0.3) is 11.5 Å². The normalized spacial score (nSPS) is 11.2. The number of hydrogen-bond acceptors (Lipinski definition) is 5. The highest BCUT2D eigenvalue weighted by Gasteiger charge is 2.18. The lowest BCUT2D eigenvalue weighted by atomic mass is 10.1. The Morgan fingerprint density at radius 2 is 2.14 bits per heavy atom. The van der Waals surface area contributed by atoms with Gasteiger partial charge in [0.05, 0.1) is 5.02 Å². The molecular weight excluding hydrogens is 415 g/mol. The first-order chi connectivity index (χ1) is 13.9. The van der Waals surface area contributed by atoms with Crippen molar-refractivity contribution in [2.45, 2.75) is 6.92 Å². The van der Waals surface area contributed by atoms with Crippen molar-refractivity contribution in [2.24, 2.45) is 0 Å². The van der Waals surface area contributed by atoms with Crippen LogP contribution in [0.1, 0.15) is 12.5 Å². The molecule has 3 aromatic rings. The number of rotatable bonds is 5. The number of nitriles is 1. The van der Waals surface area contributed by atoms with E-state index < -0.39 is 11.5 Å². The summed E-state index contributed by atoms with van der Waals surface area (Å²) in [6, 6.07) is 11.4. The third-order valence-electron chi connectivity index (χ3n) is 3.83. The molecule has 1 aromatic carbocycles. The predicted molar refractivity (Wildman–Crippen MR) is 110 cm³/mol. The first-order valence-electron chi connectivity index (χ1n) is 8.49. The van der Waals surface area contributed by atoms with Gasteiger partial charge in [-0.05, 0) is 43.3 Å². The fraction of sp³-hybridized carbons (Fsp3) is 0.100. The second kappa shape index (κ2) is 8.78. The molecule has 0 atom stereocenters. The summed E-state index contributed by atoms with van der Waals surface area (Å²) in [7, 11) is 0. The molecule has 0 bridgehead atoms. The molecule has 0 saturated heterocycles. The largest absolute Gasteiger partial charge is 0.437 e. The highest BCUT2D eigenvalue weighted by Crippen LogP contribution is 2.32. The summed E-state index contributed by atoms with van der Waals surface area (Å²) in [4.78, 5) is 29.5. The van der Waals surface area contributed by atoms with Gasteiger partial charge in [0.1, 0.15) is 28.6 Å². The minimum Gasteiger partial charge on any atom is -0.437 e. The van der Waals surface area contributed by atoms with Crippen LogP contribution in [0.2, 0.25) is 10.0 Å². The van der Waals surface area contributed by atoms with Crippen LogP contribution in [-0.4, -0.2) is 21.8 Å². The molecule has 0 aliphatic rings. The van der Waals surface area contributed by atoms with E-state index in [4.69, 9.17) is 27.9 Å². The Morgan fingerprint density at radius 1 is 1.34 bits per heavy atom. The number of benzene rings is 1. The quantitative estimate of drug-likeness (QED) is 0.491. The van der Waals surface area contributed by atoms with E-state index in [9.17, 15) is 14.9 Å². The van der Waals surface area contributed by atoms with Crippen LogP contribution in [-0.2, 0) is 4.79 Å². The van der Waals surface area contributed by atoms with Crippen LogP contribution in [0.5, 0.6) is 11.6 Å². The fourth-order valence-electron chi connectivity index (χ4n) is 2.49. The van der Waals surface area contributed by atoms with E-state index in [-0.39, 0.29) is 27.8 Å². The number of fused-ring (bicyclic) bond motifs is 1. The topological polar surface area (TPSA) is 96.5 Å². The third kappa shape index (κ3) is 4.40. The summed E-state index contributed by atoms with van der Waals surface area (Å²) in [6.07, 6.45) is 2.68. The van der Waals surface area contributed by atoms with Crippen molar-refractivity contribution in [3.8, 4) is 17.7 Å². The average molecular weight is 429 g/mol. The minimum atomic E-state index is -0.608. The number of carbonyl (C=O) groups is 1. The SMILES string of the molecule is CCNC(=O)/C(C#N)=C/c1c(Oc2ccc(Cl)cc2Cl)nc2ccccn2c1=O. The Morgan fingerprint density at radius 3 is 2.83 bits per heavy atom. The van der Waals surface area contributed by atoms with Gasteiger partial charge in [0.2, 0.25) is 5.88 Å². The minimum absolute atomic E-state index is 0.0671. The summed E-state index contributed by atoms with van der Waals surface area (Å²) in [6.45, 7) is 2.05. The van der Waals surface area contributed by atoms with Crippen molar-refractivity contribution < 1.29 is 9.53 Å². The highest BCUT2D eigenvalue weighted by atomic mass is 35.5. The molecular formula is C20H14Cl2N4O3. The van der Waals surface area contributed by atoms with Gasteiger partial charge >= 0.3 is 0 Å². The van der Waals surface area contributed by atoms with E-state index in [2.05, 4.69) is 10.3 Å². The van der Waals surface area contributed by atoms with Crippen LogP contribution in [0.3, 0.4) is 0 Å². The van der Waals surface area contributed by atoms with Crippen LogP contribution in [0.15, 0.2) is 53.0 Å². The predicted octanol–water partition coefficient (Wildman–Crippen LogP) is 3.84. The molecule has 0 aliphatic carbocycles. The van der Waals surface area contributed by atoms with E-state index in [0.717, 1.165) is 6.08 Å². The lowest BCUT2D eigenvalue weighted by Gasteiger charge is -2.11. The second-order valence-corrected chi connectivity index (χ2v) is 6.61. The van der Waals surface area contributed by atoms with Crippen LogP contribution in [0, 0.1) is 11.3 Å². The maximum absolute atomic E-state index is 13.0. The molecule has 0 fully saturated rings. The Balaban J connectivity index is 2.22. The molecule has 3 rings (SSSR count). The molecule has 2 heterocycles. The fourth-order valence-corrected chi connectivity index (χ4v) is 2.94. The zero-order valence-corrected chi connectivity index (χ0v) is 16.7. The number of pyridine rings is 1. The number of aromatic nitrogens is 2. The van der Waals surface area contributed by atoms with E-state index >= 15 is 0 Å². The van der Waals surface area contributed by atoms with Crippen LogP contribution >= 0.6 is 23.2 Å². The summed E-state index contributed by atoms with van der Waals surface area (Å²) in [5.74, 6) is -0.486. The maximum Gasteiger partial charge on any atom is 0.269 e. The van der Waals surface area contributed by atoms with E-state index in [1.54, 1.807) is 37.3 Å². The van der Waals surface area contributed by atoms with Gasteiger partial charge in [-0.3, -0.25) is 14.0 Å². The third-order valence-corrected chi connectivity index (χ3v) is 4.36. The number of carbonyl (C=O) groups excluding carboxylic acids is 1. The average Bonchev–Trinajstić information content (AvgIpc) is 2.70. The Kier molecular flexibility index (Phi) is 6.17. The maximum atomic E-state index is 13.0. The van der Waals surface area contributed by atoms with Crippen molar-refractivity contribution in [1.29, 1.82) is 5.26 Å². The van der Waals surface area contributed by atoms with Gasteiger partial charge in [-0.2, -0.15) is 10.2 Å². The molecule has 7 nitrogen and oxygen atoms in total. The Hall–Kier alpha value is -3.34. The van der Waals surface area contributed by atoms with Crippen LogP contribution in [0.4, 0.5) is 0 Å². The van der Waals surface area contributed by atoms with Crippen molar-refractivity contribution >= 4 is 40.8 Å². The number of hydrogen-bond donors (Lipinski definition) is 1. The van der Waals surface area contributed by atoms with Crippen LogP contribution in [0.25, 0.3) is 11.7 Å². The van der Waals surface area contributed by atoms with Gasteiger partial charge in [0, 0.05) is 17.8 Å². The molecule has 0 saturated carbocycles. The van der Waals surface area contributed by atoms with E-state index in [1.807, 2.05) is 0 Å². The Bertz CT molecular complexity index is 1230. The lowest BCUT2D eigenvalue weighted by molar-refractivity contribution is -0.116. The van der Waals surface area contributed by atoms with Crippen LogP contribution < -0.4 is 15.6 Å². The van der Waals surface area contributed by atoms with Gasteiger partial charge in [-0.25, -0.2) is 0 Å². The summed E-state index contributed by atoms with van der Waals surface area (Å²) in [5, 5.41) is 12.5. The van der Waals surface area contributed by atoms with Gasteiger partial charge < -0.3 is 10.1 Å². The first-order valence-corrected chi connectivity index (χ1v) is 9.24. The highest BCUT2D eigenvalue weighted by molar-refractivity contribution is 6.35. The Labute approximate surface area is 175 Å². The number of amides is 1. The lowest BCUT2D eigenvalue weighted by Crippen LogP contribution is -2.25. The van der Waals surface area contributed by atoms with Crippen molar-refractivity contribution in [1.82, 2.24) is 14.7 Å². The summed E-state index contributed by atoms with van der Waals surface area (Å²) in [5.41, 5.74) is -0.504. The van der Waals surface area contributed by atoms with Gasteiger partial charge in [0.15, 0.2) is 0 Å². The number of ether oxygens (including phenoxy) is 1. The monoisotopic (exact) mass is 428 g/mol. The van der Waals surface area contributed by atoms with Gasteiger partial charge in [-0.15, -0.1) is 0 Å². The molecule has 146 valence electrons. The molecule has 0 unspecified atom stereocenters. The van der Waals surface area contributed by atoms with Crippen molar-refractivity contribution in [2.75, 3.05) is 6.54 Å². The summed E-state index contributed by atoms with van der Waals surface area (Å²) < 4.78 is 7.06. The number of nitrogens with zero attached hydrogens (tertiary/aromatic N) is 3. The number of nitrogens with one attached hydrogen (secondary N) is 1. The molecule has 2 aromatic heterocycles. The second-order valence-electron chi connectivity index (χ2n) is 5.77. The van der Waals surface area contributed by atoms with Crippen molar-refractivity contribution in [3.05, 3.63) is 74.1 Å². The zero-order valence-electron chi connectivity index (χ0n) is 15.1.